The zero-order valence-corrected chi connectivity index (χ0v) is 12.6. The summed E-state index contributed by atoms with van der Waals surface area (Å²) >= 11 is 0. The number of fused-ring (bicyclic) bond motifs is 2. The number of carboxylic acids is 1. The summed E-state index contributed by atoms with van der Waals surface area (Å²) < 4.78 is 0. The average molecular weight is 307 g/mol. The first-order valence-corrected chi connectivity index (χ1v) is 7.85. The summed E-state index contributed by atoms with van der Waals surface area (Å²) in [6.45, 7) is 0.603. The molecule has 1 fully saturated rings. The Morgan fingerprint density at radius 2 is 1.78 bits per heavy atom. The van der Waals surface area contributed by atoms with Crippen molar-refractivity contribution in [3.05, 3.63) is 71.3 Å². The summed E-state index contributed by atoms with van der Waals surface area (Å²) in [6, 6.07) is 16.7. The van der Waals surface area contributed by atoms with Gasteiger partial charge in [0.15, 0.2) is 0 Å². The first-order valence-electron chi connectivity index (χ1n) is 7.85. The van der Waals surface area contributed by atoms with Crippen molar-refractivity contribution >= 4 is 11.9 Å². The number of amides is 1. The van der Waals surface area contributed by atoms with Gasteiger partial charge in [0.2, 0.25) is 0 Å². The lowest BCUT2D eigenvalue weighted by molar-refractivity contribution is -0.142. The first kappa shape index (κ1) is 14.0. The third kappa shape index (κ3) is 1.78. The fraction of sp³-hybridized carbons (Fsp3) is 0.263. The van der Waals surface area contributed by atoms with Crippen LogP contribution in [-0.2, 0) is 10.3 Å². The molecule has 0 bridgehead atoms. The third-order valence-electron chi connectivity index (χ3n) is 5.17. The van der Waals surface area contributed by atoms with E-state index in [9.17, 15) is 14.7 Å². The molecule has 0 aromatic heterocycles. The van der Waals surface area contributed by atoms with E-state index in [2.05, 4.69) is 0 Å². The van der Waals surface area contributed by atoms with Crippen LogP contribution in [0.15, 0.2) is 54.6 Å². The molecular formula is C19H17NO3. The predicted octanol–water partition coefficient (Wildman–Crippen LogP) is 3.00. The van der Waals surface area contributed by atoms with Crippen molar-refractivity contribution in [1.29, 1.82) is 0 Å². The minimum absolute atomic E-state index is 0.0561. The Hall–Kier alpha value is -2.62. The summed E-state index contributed by atoms with van der Waals surface area (Å²) in [5.74, 6) is -1.67. The fourth-order valence-corrected chi connectivity index (χ4v) is 4.30. The van der Waals surface area contributed by atoms with Gasteiger partial charge in [-0.2, -0.15) is 0 Å². The molecule has 2 aromatic rings. The number of carbonyl (C=O) groups is 2. The van der Waals surface area contributed by atoms with Gasteiger partial charge in [0.25, 0.3) is 5.91 Å². The second-order valence-electron chi connectivity index (χ2n) is 6.21. The van der Waals surface area contributed by atoms with Crippen LogP contribution in [0.25, 0.3) is 0 Å². The Labute approximate surface area is 134 Å². The molecule has 0 aliphatic carbocycles. The molecule has 0 saturated carbocycles. The molecule has 2 aliphatic heterocycles. The van der Waals surface area contributed by atoms with E-state index in [1.807, 2.05) is 36.4 Å². The van der Waals surface area contributed by atoms with Gasteiger partial charge in [-0.05, 0) is 30.0 Å². The van der Waals surface area contributed by atoms with Gasteiger partial charge >= 0.3 is 5.97 Å². The molecule has 116 valence electrons. The van der Waals surface area contributed by atoms with Crippen LogP contribution in [0.2, 0.25) is 0 Å². The molecule has 2 heterocycles. The molecule has 0 spiro atoms. The van der Waals surface area contributed by atoms with Gasteiger partial charge < -0.3 is 10.0 Å². The molecule has 2 atom stereocenters. The van der Waals surface area contributed by atoms with Gasteiger partial charge in [0.05, 0.1) is 5.54 Å². The maximum absolute atomic E-state index is 13.0. The Bertz CT molecular complexity index is 786. The van der Waals surface area contributed by atoms with Crippen LogP contribution < -0.4 is 0 Å². The minimum atomic E-state index is -0.874. The standard InChI is InChI=1S/C19H17NO3/c21-17-15-10-5-4-9-14(15)16(18(22)23)19(11-6-12-20(17)19)13-7-2-1-3-8-13/h1-5,7-10,16H,6,11-12H2,(H,22,23)/t16-,19-/m0/s1. The van der Waals surface area contributed by atoms with Crippen molar-refractivity contribution in [3.63, 3.8) is 0 Å². The largest absolute Gasteiger partial charge is 0.481 e. The zero-order chi connectivity index (χ0) is 16.0. The molecule has 1 amide bonds. The van der Waals surface area contributed by atoms with Gasteiger partial charge in [-0.15, -0.1) is 0 Å². The van der Waals surface area contributed by atoms with E-state index < -0.39 is 17.4 Å². The van der Waals surface area contributed by atoms with E-state index in [4.69, 9.17) is 0 Å². The molecule has 1 N–H and O–H groups in total. The lowest BCUT2D eigenvalue weighted by Gasteiger charge is -2.47. The fourth-order valence-electron chi connectivity index (χ4n) is 4.30. The highest BCUT2D eigenvalue weighted by Crippen LogP contribution is 2.53. The Morgan fingerprint density at radius 1 is 1.09 bits per heavy atom. The van der Waals surface area contributed by atoms with Crippen molar-refractivity contribution in [1.82, 2.24) is 4.90 Å². The number of rotatable bonds is 2. The predicted molar refractivity (Wildman–Crippen MR) is 85.2 cm³/mol. The summed E-state index contributed by atoms with van der Waals surface area (Å²) in [7, 11) is 0. The van der Waals surface area contributed by atoms with Crippen LogP contribution in [0.3, 0.4) is 0 Å². The van der Waals surface area contributed by atoms with Gasteiger partial charge in [0.1, 0.15) is 5.92 Å². The highest BCUT2D eigenvalue weighted by Gasteiger charge is 2.57. The van der Waals surface area contributed by atoms with Crippen molar-refractivity contribution in [2.24, 2.45) is 0 Å². The maximum Gasteiger partial charge on any atom is 0.313 e. The van der Waals surface area contributed by atoms with Crippen LogP contribution in [0.1, 0.15) is 40.2 Å². The lowest BCUT2D eigenvalue weighted by Crippen LogP contribution is -2.54. The molecule has 0 radical (unpaired) electrons. The number of aliphatic carboxylic acids is 1. The topological polar surface area (TPSA) is 57.6 Å². The highest BCUT2D eigenvalue weighted by molar-refractivity contribution is 6.01. The molecule has 2 aliphatic rings. The van der Waals surface area contributed by atoms with E-state index in [1.54, 1.807) is 23.1 Å². The van der Waals surface area contributed by atoms with Crippen LogP contribution in [-0.4, -0.2) is 28.4 Å². The number of hydrogen-bond donors (Lipinski definition) is 1. The lowest BCUT2D eigenvalue weighted by atomic mass is 9.69. The molecule has 4 rings (SSSR count). The quantitative estimate of drug-likeness (QED) is 0.928. The zero-order valence-electron chi connectivity index (χ0n) is 12.6. The van der Waals surface area contributed by atoms with Gasteiger partial charge in [0, 0.05) is 12.1 Å². The maximum atomic E-state index is 13.0. The SMILES string of the molecule is O=C(O)[C@@H]1c2ccccc2C(=O)N2CCC[C@]12c1ccccc1. The number of carbonyl (C=O) groups excluding carboxylic acids is 1. The van der Waals surface area contributed by atoms with E-state index in [0.29, 0.717) is 24.1 Å². The van der Waals surface area contributed by atoms with Crippen LogP contribution in [0, 0.1) is 0 Å². The van der Waals surface area contributed by atoms with E-state index in [-0.39, 0.29) is 5.91 Å². The monoisotopic (exact) mass is 307 g/mol. The molecule has 4 heteroatoms. The van der Waals surface area contributed by atoms with Crippen LogP contribution in [0.5, 0.6) is 0 Å². The summed E-state index contributed by atoms with van der Waals surface area (Å²) in [5, 5.41) is 10.0. The molecule has 4 nitrogen and oxygen atoms in total. The molecule has 1 saturated heterocycles. The number of carboxylic acid groups (broad SMARTS) is 1. The van der Waals surface area contributed by atoms with E-state index in [0.717, 1.165) is 12.0 Å². The Balaban J connectivity index is 2.03. The van der Waals surface area contributed by atoms with Gasteiger partial charge in [-0.3, -0.25) is 9.59 Å². The highest BCUT2D eigenvalue weighted by atomic mass is 16.4. The summed E-state index contributed by atoms with van der Waals surface area (Å²) in [5.41, 5.74) is 1.28. The van der Waals surface area contributed by atoms with Gasteiger partial charge in [-0.1, -0.05) is 48.5 Å². The molecule has 0 unspecified atom stereocenters. The number of benzene rings is 2. The Morgan fingerprint density at radius 3 is 2.52 bits per heavy atom. The van der Waals surface area contributed by atoms with E-state index >= 15 is 0 Å². The first-order chi connectivity index (χ1) is 11.2. The number of nitrogens with zero attached hydrogens (tertiary/aromatic N) is 1. The van der Waals surface area contributed by atoms with Crippen molar-refractivity contribution in [2.75, 3.05) is 6.54 Å². The average Bonchev–Trinajstić information content (AvgIpc) is 3.02. The van der Waals surface area contributed by atoms with Gasteiger partial charge in [-0.25, -0.2) is 0 Å². The second-order valence-corrected chi connectivity index (χ2v) is 6.21. The van der Waals surface area contributed by atoms with Crippen molar-refractivity contribution in [2.45, 2.75) is 24.3 Å². The van der Waals surface area contributed by atoms with Crippen molar-refractivity contribution in [3.8, 4) is 0 Å². The van der Waals surface area contributed by atoms with Crippen LogP contribution >= 0.6 is 0 Å². The van der Waals surface area contributed by atoms with E-state index in [1.165, 1.54) is 0 Å². The normalized spacial score (nSPS) is 25.8. The molecular weight excluding hydrogens is 290 g/mol. The van der Waals surface area contributed by atoms with Crippen LogP contribution in [0.4, 0.5) is 0 Å². The molecule has 23 heavy (non-hydrogen) atoms. The summed E-state index contributed by atoms with van der Waals surface area (Å²) in [4.78, 5) is 27.0. The molecule has 2 aromatic carbocycles. The second kappa shape index (κ2) is 4.95. The third-order valence-corrected chi connectivity index (χ3v) is 5.17. The van der Waals surface area contributed by atoms with Crippen molar-refractivity contribution < 1.29 is 14.7 Å². The number of hydrogen-bond acceptors (Lipinski definition) is 2. The minimum Gasteiger partial charge on any atom is -0.481 e. The smallest absolute Gasteiger partial charge is 0.313 e. The Kier molecular flexibility index (Phi) is 3.01. The summed E-state index contributed by atoms with van der Waals surface area (Å²) in [6.07, 6.45) is 1.49.